The van der Waals surface area contributed by atoms with Crippen LogP contribution >= 0.6 is 7.60 Å². The van der Waals surface area contributed by atoms with Gasteiger partial charge in [-0.3, -0.25) is 9.36 Å². The minimum Gasteiger partial charge on any atom is -0.497 e. The first-order valence-electron chi connectivity index (χ1n) is 6.96. The van der Waals surface area contributed by atoms with Crippen LogP contribution in [0.15, 0.2) is 24.3 Å². The Morgan fingerprint density at radius 3 is 2.27 bits per heavy atom. The summed E-state index contributed by atoms with van der Waals surface area (Å²) in [6, 6.07) is 7.60. The highest BCUT2D eigenvalue weighted by molar-refractivity contribution is 7.54. The Hall–Kier alpha value is -1.20. The second-order valence-electron chi connectivity index (χ2n) is 4.68. The van der Waals surface area contributed by atoms with Crippen molar-refractivity contribution in [3.63, 3.8) is 0 Å². The second-order valence-corrected chi connectivity index (χ2v) is 6.95. The Bertz CT molecular complexity index is 491. The van der Waals surface area contributed by atoms with Gasteiger partial charge in [0.05, 0.1) is 13.7 Å². The summed E-state index contributed by atoms with van der Waals surface area (Å²) in [4.78, 5) is 11.7. The molecule has 0 atom stereocenters. The van der Waals surface area contributed by atoms with Crippen molar-refractivity contribution in [2.75, 3.05) is 34.1 Å². The van der Waals surface area contributed by atoms with Crippen molar-refractivity contribution in [3.8, 4) is 5.75 Å². The predicted molar refractivity (Wildman–Crippen MR) is 83.4 cm³/mol. The summed E-state index contributed by atoms with van der Waals surface area (Å²) in [5.41, 5.74) is 1.04. The lowest BCUT2D eigenvalue weighted by molar-refractivity contribution is -0.117. The van der Waals surface area contributed by atoms with E-state index in [0.29, 0.717) is 26.1 Å². The molecule has 0 fully saturated rings. The molecule has 1 aromatic carbocycles. The van der Waals surface area contributed by atoms with E-state index in [1.807, 2.05) is 24.3 Å². The standard InChI is InChI=1S/C15H23O6P/c1-18-15-8-6-13(7-9-15)11-21-10-4-5-14(16)12-22(17,19-2)20-3/h6-9H,4-5,10-12H2,1-3H3. The maximum Gasteiger partial charge on any atom is 0.337 e. The average molecular weight is 330 g/mol. The number of Topliss-reactive ketones (excluding diaryl/α,β-unsaturated/α-hetero) is 1. The fraction of sp³-hybridized carbons (Fsp3) is 0.533. The molecule has 0 aromatic heterocycles. The third-order valence-electron chi connectivity index (χ3n) is 3.10. The van der Waals surface area contributed by atoms with Crippen molar-refractivity contribution in [1.29, 1.82) is 0 Å². The maximum absolute atomic E-state index is 11.8. The van der Waals surface area contributed by atoms with Gasteiger partial charge in [-0.25, -0.2) is 0 Å². The van der Waals surface area contributed by atoms with Crippen molar-refractivity contribution in [2.45, 2.75) is 19.4 Å². The number of hydrogen-bond acceptors (Lipinski definition) is 6. The molecule has 124 valence electrons. The molecule has 0 radical (unpaired) electrons. The van der Waals surface area contributed by atoms with Crippen molar-refractivity contribution >= 4 is 13.4 Å². The van der Waals surface area contributed by atoms with Gasteiger partial charge in [-0.1, -0.05) is 12.1 Å². The molecule has 7 heteroatoms. The number of ether oxygens (including phenoxy) is 2. The first-order valence-corrected chi connectivity index (χ1v) is 8.68. The van der Waals surface area contributed by atoms with Crippen LogP contribution in [0, 0.1) is 0 Å². The number of ketones is 1. The summed E-state index contributed by atoms with van der Waals surface area (Å²) in [6.45, 7) is 0.939. The molecule has 0 aliphatic carbocycles. The van der Waals surface area contributed by atoms with Crippen molar-refractivity contribution in [1.82, 2.24) is 0 Å². The Morgan fingerprint density at radius 2 is 1.73 bits per heavy atom. The lowest BCUT2D eigenvalue weighted by atomic mass is 10.2. The van der Waals surface area contributed by atoms with Crippen LogP contribution in [0.4, 0.5) is 0 Å². The molecular weight excluding hydrogens is 307 g/mol. The number of benzene rings is 1. The smallest absolute Gasteiger partial charge is 0.337 e. The molecule has 0 aliphatic rings. The van der Waals surface area contributed by atoms with Gasteiger partial charge in [-0.15, -0.1) is 0 Å². The average Bonchev–Trinajstić information content (AvgIpc) is 2.55. The molecule has 6 nitrogen and oxygen atoms in total. The fourth-order valence-corrected chi connectivity index (χ4v) is 2.78. The first kappa shape index (κ1) is 18.8. The van der Waals surface area contributed by atoms with Gasteiger partial charge < -0.3 is 18.5 Å². The van der Waals surface area contributed by atoms with E-state index in [-0.39, 0.29) is 11.9 Å². The van der Waals surface area contributed by atoms with Crippen LogP contribution in [0.3, 0.4) is 0 Å². The lowest BCUT2D eigenvalue weighted by Gasteiger charge is -2.12. The zero-order valence-electron chi connectivity index (χ0n) is 13.2. The van der Waals surface area contributed by atoms with Gasteiger partial charge in [0.1, 0.15) is 17.7 Å². The molecule has 22 heavy (non-hydrogen) atoms. The normalized spacial score (nSPS) is 11.4. The van der Waals surface area contributed by atoms with Crippen LogP contribution in [0.1, 0.15) is 18.4 Å². The Balaban J connectivity index is 2.19. The largest absolute Gasteiger partial charge is 0.497 e. The highest BCUT2D eigenvalue weighted by Gasteiger charge is 2.24. The molecule has 1 rings (SSSR count). The van der Waals surface area contributed by atoms with Gasteiger partial charge in [0.25, 0.3) is 0 Å². The molecule has 0 saturated heterocycles. The van der Waals surface area contributed by atoms with Crippen LogP contribution in [0.5, 0.6) is 5.75 Å². The van der Waals surface area contributed by atoms with E-state index in [1.165, 1.54) is 14.2 Å². The van der Waals surface area contributed by atoms with Gasteiger partial charge in [0.2, 0.25) is 0 Å². The first-order chi connectivity index (χ1) is 10.5. The highest BCUT2D eigenvalue weighted by Crippen LogP contribution is 2.46. The summed E-state index contributed by atoms with van der Waals surface area (Å²) in [5, 5.41) is 0. The number of hydrogen-bond donors (Lipinski definition) is 0. The molecule has 0 spiro atoms. The molecule has 0 heterocycles. The predicted octanol–water partition coefficient (Wildman–Crippen LogP) is 3.05. The Kier molecular flexibility index (Phi) is 8.35. The summed E-state index contributed by atoms with van der Waals surface area (Å²) >= 11 is 0. The van der Waals surface area contributed by atoms with E-state index >= 15 is 0 Å². The molecule has 0 aliphatic heterocycles. The quantitative estimate of drug-likeness (QED) is 0.459. The van der Waals surface area contributed by atoms with E-state index in [9.17, 15) is 9.36 Å². The maximum atomic E-state index is 11.8. The molecule has 0 saturated carbocycles. The Labute approximate surface area is 131 Å². The highest BCUT2D eigenvalue weighted by atomic mass is 31.2. The van der Waals surface area contributed by atoms with Crippen LogP contribution in [0.25, 0.3) is 0 Å². The van der Waals surface area contributed by atoms with Crippen molar-refractivity contribution < 1.29 is 27.9 Å². The third kappa shape index (κ3) is 6.71. The minimum absolute atomic E-state index is 0.153. The molecule has 0 amide bonds. The molecule has 0 bridgehead atoms. The van der Waals surface area contributed by atoms with E-state index in [2.05, 4.69) is 0 Å². The molecule has 0 N–H and O–H groups in total. The van der Waals surface area contributed by atoms with E-state index < -0.39 is 7.60 Å². The van der Waals surface area contributed by atoms with Gasteiger partial charge in [0, 0.05) is 27.2 Å². The molecule has 1 aromatic rings. The summed E-state index contributed by atoms with van der Waals surface area (Å²) < 4.78 is 31.8. The topological polar surface area (TPSA) is 71.1 Å². The van der Waals surface area contributed by atoms with Gasteiger partial charge in [-0.2, -0.15) is 0 Å². The summed E-state index contributed by atoms with van der Waals surface area (Å²) in [5.74, 6) is 0.648. The van der Waals surface area contributed by atoms with Crippen LogP contribution in [-0.4, -0.2) is 39.9 Å². The van der Waals surface area contributed by atoms with Crippen molar-refractivity contribution in [2.24, 2.45) is 0 Å². The SMILES string of the molecule is COc1ccc(COCCCC(=O)CP(=O)(OC)OC)cc1. The molecule has 0 unspecified atom stereocenters. The van der Waals surface area contributed by atoms with Crippen molar-refractivity contribution in [3.05, 3.63) is 29.8 Å². The fourth-order valence-electron chi connectivity index (χ4n) is 1.78. The summed E-state index contributed by atoms with van der Waals surface area (Å²) in [6.07, 6.45) is 0.667. The Morgan fingerprint density at radius 1 is 1.09 bits per heavy atom. The lowest BCUT2D eigenvalue weighted by Crippen LogP contribution is -2.09. The number of rotatable bonds is 11. The third-order valence-corrected chi connectivity index (χ3v) is 4.95. The molecular formula is C15H23O6P. The van der Waals surface area contributed by atoms with Crippen LogP contribution in [0.2, 0.25) is 0 Å². The van der Waals surface area contributed by atoms with Gasteiger partial charge in [0.15, 0.2) is 0 Å². The number of methoxy groups -OCH3 is 1. The van der Waals surface area contributed by atoms with E-state index in [0.717, 1.165) is 11.3 Å². The number of carbonyl (C=O) groups excluding carboxylic acids is 1. The summed E-state index contributed by atoms with van der Waals surface area (Å²) in [7, 11) is 0.916. The monoisotopic (exact) mass is 330 g/mol. The van der Waals surface area contributed by atoms with Gasteiger partial charge >= 0.3 is 7.60 Å². The zero-order valence-corrected chi connectivity index (χ0v) is 14.1. The minimum atomic E-state index is -3.25. The number of carbonyl (C=O) groups is 1. The van der Waals surface area contributed by atoms with E-state index in [1.54, 1.807) is 7.11 Å². The van der Waals surface area contributed by atoms with Crippen LogP contribution in [-0.2, 0) is 29.8 Å². The van der Waals surface area contributed by atoms with E-state index in [4.69, 9.17) is 18.5 Å². The zero-order chi connectivity index (χ0) is 16.4. The second kappa shape index (κ2) is 9.74. The van der Waals surface area contributed by atoms with Crippen LogP contribution < -0.4 is 4.74 Å². The van der Waals surface area contributed by atoms with Gasteiger partial charge in [-0.05, 0) is 24.1 Å².